The van der Waals surface area contributed by atoms with Gasteiger partial charge in [0.2, 0.25) is 0 Å². The van der Waals surface area contributed by atoms with Crippen molar-refractivity contribution < 1.29 is 0 Å². The molecule has 0 spiro atoms. The Morgan fingerprint density at radius 3 is 1.48 bits per heavy atom. The first-order valence-electron chi connectivity index (χ1n) is 26.6. The molecule has 2 nitrogen and oxygen atoms in total. The molecule has 0 fully saturated rings. The van der Waals surface area contributed by atoms with Crippen LogP contribution in [-0.2, 0) is 43.3 Å². The van der Waals surface area contributed by atoms with Crippen molar-refractivity contribution in [2.75, 3.05) is 9.80 Å². The Hall–Kier alpha value is -5.02. The Balaban J connectivity index is 1.25. The van der Waals surface area contributed by atoms with Crippen LogP contribution in [0.4, 0.5) is 34.1 Å². The number of benzene rings is 6. The van der Waals surface area contributed by atoms with E-state index in [1.165, 1.54) is 137 Å². The van der Waals surface area contributed by atoms with Gasteiger partial charge in [-0.3, -0.25) is 0 Å². The summed E-state index contributed by atoms with van der Waals surface area (Å²) in [6.45, 7) is 42.1. The van der Waals surface area contributed by atoms with Crippen LogP contribution in [0.1, 0.15) is 200 Å². The lowest BCUT2D eigenvalue weighted by molar-refractivity contribution is 0.332. The van der Waals surface area contributed by atoms with Crippen LogP contribution >= 0.6 is 0 Å². The van der Waals surface area contributed by atoms with Crippen molar-refractivity contribution in [3.8, 4) is 11.1 Å². The summed E-state index contributed by atoms with van der Waals surface area (Å²) >= 11 is 0. The summed E-state index contributed by atoms with van der Waals surface area (Å²) in [7, 11) is 0. The van der Waals surface area contributed by atoms with E-state index >= 15 is 0 Å². The van der Waals surface area contributed by atoms with E-state index in [9.17, 15) is 0 Å². The average Bonchev–Trinajstić information content (AvgIpc) is 3.62. The van der Waals surface area contributed by atoms with E-state index in [4.69, 9.17) is 0 Å². The molecule has 0 radical (unpaired) electrons. The summed E-state index contributed by atoms with van der Waals surface area (Å²) in [6.07, 6.45) is 5.89. The van der Waals surface area contributed by atoms with Crippen LogP contribution in [0.3, 0.4) is 0 Å². The molecule has 4 aliphatic carbocycles. The Labute approximate surface area is 416 Å². The summed E-state index contributed by atoms with van der Waals surface area (Å²) in [4.78, 5) is 5.53. The fraction of sp³-hybridized carbons (Fsp3) is 0.455. The fourth-order valence-corrected chi connectivity index (χ4v) is 15.1. The maximum atomic E-state index is 2.77. The molecule has 0 atom stereocenters. The third-order valence-electron chi connectivity index (χ3n) is 19.3. The first kappa shape index (κ1) is 45.1. The van der Waals surface area contributed by atoms with Gasteiger partial charge >= 0.3 is 0 Å². The third-order valence-corrected chi connectivity index (χ3v) is 19.3. The molecule has 0 bridgehead atoms. The molecule has 0 saturated carbocycles. The average molecular weight is 909 g/mol. The van der Waals surface area contributed by atoms with Gasteiger partial charge in [0.15, 0.2) is 0 Å². The maximum absolute atomic E-state index is 2.77. The van der Waals surface area contributed by atoms with Gasteiger partial charge < -0.3 is 9.80 Å². The van der Waals surface area contributed by atoms with Crippen molar-refractivity contribution in [3.63, 3.8) is 0 Å². The fourth-order valence-electron chi connectivity index (χ4n) is 15.1. The molecule has 6 aromatic rings. The minimum Gasteiger partial charge on any atom is -0.311 e. The molecule has 0 unspecified atom stereocenters. The second kappa shape index (κ2) is 13.7. The Morgan fingerprint density at radius 2 is 0.884 bits per heavy atom. The number of hydrogen-bond acceptors (Lipinski definition) is 2. The molecule has 69 heavy (non-hydrogen) atoms. The van der Waals surface area contributed by atoms with Gasteiger partial charge in [-0.2, -0.15) is 0 Å². The van der Waals surface area contributed by atoms with Crippen LogP contribution in [0, 0.1) is 0 Å². The number of hydrogen-bond donors (Lipinski definition) is 0. The second-order valence-electron chi connectivity index (χ2n) is 28.3. The predicted molar refractivity (Wildman–Crippen MR) is 298 cm³/mol. The van der Waals surface area contributed by atoms with Crippen LogP contribution in [0.25, 0.3) is 11.1 Å². The predicted octanol–water partition coefficient (Wildman–Crippen LogP) is 16.0. The van der Waals surface area contributed by atoms with E-state index in [1.807, 2.05) is 0 Å². The zero-order chi connectivity index (χ0) is 49.1. The minimum absolute atomic E-state index is 0.0379. The van der Waals surface area contributed by atoms with Gasteiger partial charge in [0, 0.05) is 39.4 Å². The first-order chi connectivity index (χ1) is 32.1. The summed E-state index contributed by atoms with van der Waals surface area (Å²) in [5.41, 5.74) is 28.5. The molecular formula is C66H77BN2. The zero-order valence-corrected chi connectivity index (χ0v) is 45.2. The molecular weight excluding hydrogens is 832 g/mol. The van der Waals surface area contributed by atoms with Crippen molar-refractivity contribution in [1.82, 2.24) is 0 Å². The lowest BCUT2D eigenvalue weighted by Gasteiger charge is -2.48. The van der Waals surface area contributed by atoms with Gasteiger partial charge in [-0.25, -0.2) is 0 Å². The lowest BCUT2D eigenvalue weighted by atomic mass is 9.32. The van der Waals surface area contributed by atoms with E-state index in [-0.39, 0.29) is 50.0 Å². The van der Waals surface area contributed by atoms with Gasteiger partial charge in [-0.05, 0) is 184 Å². The summed E-state index contributed by atoms with van der Waals surface area (Å²) in [6, 6.07) is 40.2. The molecule has 2 heterocycles. The Kier molecular flexibility index (Phi) is 8.95. The molecule has 6 aromatic carbocycles. The highest BCUT2D eigenvalue weighted by Gasteiger charge is 2.51. The SMILES string of the molecule is CC(C)(C)c1cc2c3c(c1)N(c1cccc4c1-c1ccccc1C4(C)C)c1cc4c(cc1B3c1cc3c(cc1N2c1ccc2c(c1)C(C)(C)CCC2(C)C)C(C)(C)CCC3(C)C)C(C)(C)CC4(C)C. The van der Waals surface area contributed by atoms with E-state index in [0.29, 0.717) is 0 Å². The number of nitrogens with zero attached hydrogens (tertiary/aromatic N) is 2. The molecule has 2 aliphatic heterocycles. The molecule has 0 N–H and O–H groups in total. The van der Waals surface area contributed by atoms with Crippen LogP contribution < -0.4 is 26.2 Å². The maximum Gasteiger partial charge on any atom is 0.252 e. The Morgan fingerprint density at radius 1 is 0.406 bits per heavy atom. The normalized spacial score (nSPS) is 21.6. The largest absolute Gasteiger partial charge is 0.311 e. The minimum atomic E-state index is -0.121. The number of fused-ring (bicyclic) bond motifs is 10. The lowest BCUT2D eigenvalue weighted by Crippen LogP contribution is -2.62. The smallest absolute Gasteiger partial charge is 0.252 e. The monoisotopic (exact) mass is 909 g/mol. The van der Waals surface area contributed by atoms with E-state index < -0.39 is 0 Å². The van der Waals surface area contributed by atoms with Crippen LogP contribution in [0.2, 0.25) is 0 Å². The highest BCUT2D eigenvalue weighted by atomic mass is 15.2. The number of rotatable bonds is 2. The van der Waals surface area contributed by atoms with Gasteiger partial charge in [0.05, 0.1) is 5.69 Å². The first-order valence-corrected chi connectivity index (χ1v) is 26.6. The highest BCUT2D eigenvalue weighted by Crippen LogP contribution is 2.58. The van der Waals surface area contributed by atoms with Crippen LogP contribution in [0.5, 0.6) is 0 Å². The van der Waals surface area contributed by atoms with Crippen molar-refractivity contribution in [2.24, 2.45) is 0 Å². The molecule has 3 heteroatoms. The standard InChI is InChI=1S/C66H77BN2/c1-59(2,3)39-31-55-58-56(32-39)69(52-24-20-23-44-57(52)41-21-18-19-22-42(41)66(44,16)17)54-37-49-47(64(12,13)38-65(49,14)15)35-51(54)67(58)50-34-46-48(63(10,11)30-29-62(46,8)9)36-53(50)68(55)40-25-26-43-45(33-40)61(6,7)28-27-60(43,4)5/h18-26,31-37H,27-30,38H2,1-17H3. The van der Waals surface area contributed by atoms with E-state index in [1.54, 1.807) is 0 Å². The summed E-state index contributed by atoms with van der Waals surface area (Å²) in [5.74, 6) is 0. The molecule has 0 amide bonds. The molecule has 6 aliphatic rings. The van der Waals surface area contributed by atoms with E-state index in [2.05, 4.69) is 225 Å². The molecule has 354 valence electrons. The van der Waals surface area contributed by atoms with Crippen LogP contribution in [0.15, 0.2) is 97.1 Å². The third kappa shape index (κ3) is 6.16. The van der Waals surface area contributed by atoms with Crippen LogP contribution in [-0.4, -0.2) is 6.71 Å². The number of anilines is 6. The van der Waals surface area contributed by atoms with E-state index in [0.717, 1.165) is 6.42 Å². The van der Waals surface area contributed by atoms with Crippen molar-refractivity contribution >= 4 is 57.2 Å². The van der Waals surface area contributed by atoms with Gasteiger partial charge in [-0.15, -0.1) is 0 Å². The Bertz CT molecular complexity index is 3230. The topological polar surface area (TPSA) is 6.48 Å². The van der Waals surface area contributed by atoms with Gasteiger partial charge in [0.25, 0.3) is 6.71 Å². The van der Waals surface area contributed by atoms with Crippen molar-refractivity contribution in [2.45, 2.75) is 193 Å². The molecule has 12 rings (SSSR count). The quantitative estimate of drug-likeness (QED) is 0.160. The summed E-state index contributed by atoms with van der Waals surface area (Å²) in [5, 5.41) is 0. The second-order valence-corrected chi connectivity index (χ2v) is 28.3. The highest BCUT2D eigenvalue weighted by molar-refractivity contribution is 7.00. The van der Waals surface area contributed by atoms with Gasteiger partial charge in [0.1, 0.15) is 0 Å². The van der Waals surface area contributed by atoms with Crippen molar-refractivity contribution in [3.05, 3.63) is 147 Å². The zero-order valence-electron chi connectivity index (χ0n) is 45.2. The molecule has 0 aromatic heterocycles. The molecule has 0 saturated heterocycles. The van der Waals surface area contributed by atoms with Crippen molar-refractivity contribution in [1.29, 1.82) is 0 Å². The summed E-state index contributed by atoms with van der Waals surface area (Å²) < 4.78 is 0. The van der Waals surface area contributed by atoms with Gasteiger partial charge in [-0.1, -0.05) is 172 Å².